The molecule has 0 N–H and O–H groups in total. The van der Waals surface area contributed by atoms with E-state index in [2.05, 4.69) is 14.9 Å². The van der Waals surface area contributed by atoms with Crippen molar-refractivity contribution in [3.63, 3.8) is 0 Å². The molecule has 0 aromatic carbocycles. The Balaban J connectivity index is 1.47. The van der Waals surface area contributed by atoms with Crippen molar-refractivity contribution in [2.75, 3.05) is 45.9 Å². The molecule has 3 heterocycles. The van der Waals surface area contributed by atoms with Gasteiger partial charge in [0, 0.05) is 50.7 Å². The molecule has 3 rings (SSSR count). The highest BCUT2D eigenvalue weighted by atomic mass is 16.5. The van der Waals surface area contributed by atoms with Crippen LogP contribution in [0.2, 0.25) is 0 Å². The van der Waals surface area contributed by atoms with E-state index in [9.17, 15) is 4.79 Å². The van der Waals surface area contributed by atoms with E-state index >= 15 is 0 Å². The maximum atomic E-state index is 12.3. The van der Waals surface area contributed by atoms with Gasteiger partial charge in [0.1, 0.15) is 0 Å². The summed E-state index contributed by atoms with van der Waals surface area (Å²) in [5.41, 5.74) is 1.05. The Labute approximate surface area is 125 Å². The second kappa shape index (κ2) is 6.95. The summed E-state index contributed by atoms with van der Waals surface area (Å²) in [7, 11) is 0. The number of amides is 1. The van der Waals surface area contributed by atoms with E-state index in [-0.39, 0.29) is 5.91 Å². The summed E-state index contributed by atoms with van der Waals surface area (Å²) in [6.45, 7) is 5.38. The average molecular weight is 290 g/mol. The minimum absolute atomic E-state index is 0.245. The number of carbonyl (C=O) groups excluding carboxylic acids is 1. The molecule has 6 heteroatoms. The van der Waals surface area contributed by atoms with Crippen LogP contribution in [0, 0.1) is 0 Å². The predicted octanol–water partition coefficient (Wildman–Crippen LogP) is 0.515. The lowest BCUT2D eigenvalue weighted by Gasteiger charge is -2.34. The lowest BCUT2D eigenvalue weighted by molar-refractivity contribution is -0.134. The van der Waals surface area contributed by atoms with Crippen molar-refractivity contribution in [3.05, 3.63) is 24.3 Å². The van der Waals surface area contributed by atoms with Crippen LogP contribution < -0.4 is 0 Å². The Bertz CT molecular complexity index is 454. The topological polar surface area (TPSA) is 58.6 Å². The number of carbonyl (C=O) groups is 1. The quantitative estimate of drug-likeness (QED) is 0.812. The highest BCUT2D eigenvalue weighted by Gasteiger charge is 2.26. The largest absolute Gasteiger partial charge is 0.379 e. The van der Waals surface area contributed by atoms with Gasteiger partial charge in [-0.2, -0.15) is 0 Å². The first-order chi connectivity index (χ1) is 10.3. The first kappa shape index (κ1) is 14.4. The normalized spacial score (nSPS) is 21.4. The van der Waals surface area contributed by atoms with Gasteiger partial charge in [0.15, 0.2) is 0 Å². The third kappa shape index (κ3) is 3.77. The number of morpholine rings is 1. The van der Waals surface area contributed by atoms with Gasteiger partial charge < -0.3 is 9.64 Å². The van der Waals surface area contributed by atoms with E-state index in [0.717, 1.165) is 57.9 Å². The molecule has 0 aliphatic carbocycles. The van der Waals surface area contributed by atoms with E-state index in [0.29, 0.717) is 12.5 Å². The second-order valence-corrected chi connectivity index (χ2v) is 5.67. The highest BCUT2D eigenvalue weighted by Crippen LogP contribution is 2.25. The van der Waals surface area contributed by atoms with Gasteiger partial charge in [0.05, 0.1) is 25.5 Å². The van der Waals surface area contributed by atoms with Gasteiger partial charge in [-0.1, -0.05) is 0 Å². The van der Waals surface area contributed by atoms with Crippen molar-refractivity contribution >= 4 is 5.91 Å². The number of rotatable bonds is 3. The van der Waals surface area contributed by atoms with E-state index in [1.165, 1.54) is 0 Å². The number of likely N-dealkylation sites (tertiary alicyclic amines) is 1. The first-order valence-electron chi connectivity index (χ1n) is 7.67. The zero-order valence-electron chi connectivity index (χ0n) is 12.3. The Morgan fingerprint density at radius 1 is 1.19 bits per heavy atom. The molecule has 1 aromatic heterocycles. The first-order valence-corrected chi connectivity index (χ1v) is 7.67. The third-order valence-corrected chi connectivity index (χ3v) is 4.31. The average Bonchev–Trinajstić information content (AvgIpc) is 2.57. The maximum absolute atomic E-state index is 12.3. The summed E-state index contributed by atoms with van der Waals surface area (Å²) < 4.78 is 5.31. The Kier molecular flexibility index (Phi) is 4.77. The van der Waals surface area contributed by atoms with Crippen molar-refractivity contribution in [1.29, 1.82) is 0 Å². The molecule has 2 fully saturated rings. The number of aromatic nitrogens is 2. The molecular formula is C15H22N4O2. The van der Waals surface area contributed by atoms with Crippen LogP contribution in [-0.2, 0) is 9.53 Å². The summed E-state index contributed by atoms with van der Waals surface area (Å²) >= 11 is 0. The fraction of sp³-hybridized carbons (Fsp3) is 0.667. The zero-order valence-corrected chi connectivity index (χ0v) is 12.3. The van der Waals surface area contributed by atoms with Crippen LogP contribution in [0.4, 0.5) is 0 Å². The zero-order chi connectivity index (χ0) is 14.5. The van der Waals surface area contributed by atoms with Crippen LogP contribution in [0.25, 0.3) is 0 Å². The Hall–Kier alpha value is -1.53. The molecule has 0 radical (unpaired) electrons. The Morgan fingerprint density at radius 2 is 1.95 bits per heavy atom. The lowest BCUT2D eigenvalue weighted by atomic mass is 9.94. The van der Waals surface area contributed by atoms with Gasteiger partial charge in [-0.3, -0.25) is 19.7 Å². The van der Waals surface area contributed by atoms with Crippen molar-refractivity contribution in [2.45, 2.75) is 18.8 Å². The van der Waals surface area contributed by atoms with Crippen LogP contribution in [-0.4, -0.2) is 71.6 Å². The van der Waals surface area contributed by atoms with Gasteiger partial charge in [-0.25, -0.2) is 0 Å². The number of hydrogen-bond donors (Lipinski definition) is 0. The molecule has 6 nitrogen and oxygen atoms in total. The number of piperidine rings is 1. The minimum Gasteiger partial charge on any atom is -0.379 e. The summed E-state index contributed by atoms with van der Waals surface area (Å²) in [6.07, 6.45) is 7.24. The molecule has 0 saturated carbocycles. The molecule has 0 atom stereocenters. The van der Waals surface area contributed by atoms with Crippen LogP contribution in [0.1, 0.15) is 24.5 Å². The lowest BCUT2D eigenvalue weighted by Crippen LogP contribution is -2.46. The summed E-state index contributed by atoms with van der Waals surface area (Å²) in [6, 6.07) is 0. The monoisotopic (exact) mass is 290 g/mol. The molecule has 0 bridgehead atoms. The summed E-state index contributed by atoms with van der Waals surface area (Å²) in [4.78, 5) is 25.0. The van der Waals surface area contributed by atoms with Crippen molar-refractivity contribution in [1.82, 2.24) is 19.8 Å². The standard InChI is InChI=1S/C15H22N4O2/c20-15(12-18-7-9-21-10-8-18)19-5-1-13(2-6-19)14-11-16-3-4-17-14/h3-4,11,13H,1-2,5-10,12H2. The molecule has 2 saturated heterocycles. The smallest absolute Gasteiger partial charge is 0.236 e. The van der Waals surface area contributed by atoms with Gasteiger partial charge >= 0.3 is 0 Å². The molecule has 2 aliphatic rings. The minimum atomic E-state index is 0.245. The molecule has 0 spiro atoms. The second-order valence-electron chi connectivity index (χ2n) is 5.67. The summed E-state index contributed by atoms with van der Waals surface area (Å²) in [5, 5.41) is 0. The number of nitrogens with zero attached hydrogens (tertiary/aromatic N) is 4. The van der Waals surface area contributed by atoms with E-state index in [1.54, 1.807) is 12.4 Å². The maximum Gasteiger partial charge on any atom is 0.236 e. The molecule has 21 heavy (non-hydrogen) atoms. The fourth-order valence-corrected chi connectivity index (χ4v) is 3.00. The predicted molar refractivity (Wildman–Crippen MR) is 77.8 cm³/mol. The Morgan fingerprint density at radius 3 is 2.62 bits per heavy atom. The van der Waals surface area contributed by atoms with Crippen LogP contribution >= 0.6 is 0 Å². The highest BCUT2D eigenvalue weighted by molar-refractivity contribution is 5.78. The van der Waals surface area contributed by atoms with Crippen molar-refractivity contribution < 1.29 is 9.53 Å². The number of hydrogen-bond acceptors (Lipinski definition) is 5. The van der Waals surface area contributed by atoms with Gasteiger partial charge in [-0.05, 0) is 12.8 Å². The number of ether oxygens (including phenoxy) is 1. The van der Waals surface area contributed by atoms with Gasteiger partial charge in [-0.15, -0.1) is 0 Å². The van der Waals surface area contributed by atoms with Crippen LogP contribution in [0.5, 0.6) is 0 Å². The van der Waals surface area contributed by atoms with Crippen LogP contribution in [0.3, 0.4) is 0 Å². The molecule has 1 amide bonds. The van der Waals surface area contributed by atoms with Crippen molar-refractivity contribution in [2.24, 2.45) is 0 Å². The molecule has 2 aliphatic heterocycles. The molecule has 1 aromatic rings. The van der Waals surface area contributed by atoms with Gasteiger partial charge in [0.25, 0.3) is 0 Å². The molecule has 0 unspecified atom stereocenters. The van der Waals surface area contributed by atoms with E-state index in [4.69, 9.17) is 4.74 Å². The third-order valence-electron chi connectivity index (χ3n) is 4.31. The van der Waals surface area contributed by atoms with E-state index in [1.807, 2.05) is 11.1 Å². The van der Waals surface area contributed by atoms with Crippen molar-refractivity contribution in [3.8, 4) is 0 Å². The SMILES string of the molecule is O=C(CN1CCOCC1)N1CCC(c2cnccn2)CC1. The van der Waals surface area contributed by atoms with Crippen LogP contribution in [0.15, 0.2) is 18.6 Å². The molecule has 114 valence electrons. The summed E-state index contributed by atoms with van der Waals surface area (Å²) in [5.74, 6) is 0.681. The van der Waals surface area contributed by atoms with Gasteiger partial charge in [0.2, 0.25) is 5.91 Å². The molecular weight excluding hydrogens is 268 g/mol. The van der Waals surface area contributed by atoms with E-state index < -0.39 is 0 Å². The fourth-order valence-electron chi connectivity index (χ4n) is 3.00.